The van der Waals surface area contributed by atoms with E-state index in [1.165, 1.54) is 10.5 Å². The van der Waals surface area contributed by atoms with Crippen LogP contribution in [0.3, 0.4) is 0 Å². The largest absolute Gasteiger partial charge is 0.376 e. The van der Waals surface area contributed by atoms with Crippen molar-refractivity contribution in [1.82, 2.24) is 5.32 Å². The maximum Gasteiger partial charge on any atom is 0.251 e. The van der Waals surface area contributed by atoms with Crippen molar-refractivity contribution < 1.29 is 4.79 Å². The molecular weight excluding hydrogens is 304 g/mol. The molecule has 0 saturated heterocycles. The monoisotopic (exact) mass is 318 g/mol. The predicted octanol–water partition coefficient (Wildman–Crippen LogP) is 3.96. The second-order valence-electron chi connectivity index (χ2n) is 4.82. The van der Waals surface area contributed by atoms with Crippen molar-refractivity contribution in [3.63, 3.8) is 0 Å². The molecule has 3 rings (SSSR count). The average Bonchev–Trinajstić information content (AvgIpc) is 2.92. The molecule has 0 radical (unpaired) electrons. The van der Waals surface area contributed by atoms with Gasteiger partial charge in [-0.15, -0.1) is 11.8 Å². The van der Waals surface area contributed by atoms with Crippen LogP contribution in [0.2, 0.25) is 5.02 Å². The fourth-order valence-electron chi connectivity index (χ4n) is 2.39. The molecule has 0 fully saturated rings. The van der Waals surface area contributed by atoms with Gasteiger partial charge in [0.15, 0.2) is 0 Å². The third-order valence-corrected chi connectivity index (χ3v) is 5.00. The molecule has 1 heterocycles. The number of benzene rings is 2. The maximum absolute atomic E-state index is 11.7. The molecule has 1 aliphatic heterocycles. The lowest BCUT2D eigenvalue weighted by molar-refractivity contribution is 0.0963. The van der Waals surface area contributed by atoms with Gasteiger partial charge in [0.2, 0.25) is 0 Å². The molecule has 2 aromatic carbocycles. The Morgan fingerprint density at radius 1 is 1.29 bits per heavy atom. The Balaban J connectivity index is 1.87. The topological polar surface area (TPSA) is 41.1 Å². The van der Waals surface area contributed by atoms with Crippen LogP contribution < -0.4 is 10.6 Å². The van der Waals surface area contributed by atoms with Gasteiger partial charge >= 0.3 is 0 Å². The van der Waals surface area contributed by atoms with E-state index in [0.717, 1.165) is 11.4 Å². The van der Waals surface area contributed by atoms with Crippen LogP contribution in [0.5, 0.6) is 0 Å². The van der Waals surface area contributed by atoms with Crippen molar-refractivity contribution in [2.75, 3.05) is 18.1 Å². The lowest BCUT2D eigenvalue weighted by Crippen LogP contribution is -2.18. The highest BCUT2D eigenvalue weighted by Crippen LogP contribution is 2.40. The molecule has 1 amide bonds. The van der Waals surface area contributed by atoms with E-state index in [0.29, 0.717) is 10.6 Å². The van der Waals surface area contributed by atoms with Gasteiger partial charge in [-0.1, -0.05) is 29.8 Å². The molecule has 0 saturated carbocycles. The minimum absolute atomic E-state index is 0.115. The van der Waals surface area contributed by atoms with Gasteiger partial charge in [0, 0.05) is 23.3 Å². The third kappa shape index (κ3) is 2.87. The van der Waals surface area contributed by atoms with Crippen LogP contribution in [0.4, 0.5) is 5.69 Å². The van der Waals surface area contributed by atoms with E-state index in [4.69, 9.17) is 11.6 Å². The summed E-state index contributed by atoms with van der Waals surface area (Å²) in [5.41, 5.74) is 2.67. The van der Waals surface area contributed by atoms with E-state index in [1.54, 1.807) is 25.2 Å². The van der Waals surface area contributed by atoms with Crippen molar-refractivity contribution in [2.24, 2.45) is 0 Å². The second-order valence-corrected chi connectivity index (χ2v) is 6.29. The fourth-order valence-corrected chi connectivity index (χ4v) is 3.72. The Morgan fingerprint density at radius 3 is 2.90 bits per heavy atom. The summed E-state index contributed by atoms with van der Waals surface area (Å²) >= 11 is 8.08. The zero-order chi connectivity index (χ0) is 14.8. The van der Waals surface area contributed by atoms with Gasteiger partial charge in [-0.2, -0.15) is 0 Å². The predicted molar refractivity (Wildman–Crippen MR) is 88.4 cm³/mol. The highest BCUT2D eigenvalue weighted by atomic mass is 35.5. The lowest BCUT2D eigenvalue weighted by atomic mass is 10.1. The molecule has 0 bridgehead atoms. The Kier molecular flexibility index (Phi) is 4.08. The Hall–Kier alpha value is -1.65. The molecule has 1 atom stereocenters. The summed E-state index contributed by atoms with van der Waals surface area (Å²) in [7, 11) is 1.62. The smallest absolute Gasteiger partial charge is 0.251 e. The van der Waals surface area contributed by atoms with Crippen LogP contribution in [-0.4, -0.2) is 18.7 Å². The number of carbonyl (C=O) groups excluding carboxylic acids is 1. The highest BCUT2D eigenvalue weighted by Gasteiger charge is 2.23. The molecule has 1 unspecified atom stereocenters. The zero-order valence-corrected chi connectivity index (χ0v) is 13.1. The molecular formula is C16H15ClN2OS. The number of fused-ring (bicyclic) bond motifs is 1. The minimum atomic E-state index is -0.115. The maximum atomic E-state index is 11.7. The van der Waals surface area contributed by atoms with Crippen molar-refractivity contribution in [3.05, 3.63) is 58.6 Å². The van der Waals surface area contributed by atoms with Gasteiger partial charge in [-0.05, 0) is 29.8 Å². The molecule has 2 aromatic rings. The molecule has 21 heavy (non-hydrogen) atoms. The van der Waals surface area contributed by atoms with Gasteiger partial charge in [0.1, 0.15) is 0 Å². The van der Waals surface area contributed by atoms with Gasteiger partial charge in [0.25, 0.3) is 5.91 Å². The van der Waals surface area contributed by atoms with Crippen molar-refractivity contribution in [2.45, 2.75) is 10.9 Å². The lowest BCUT2D eigenvalue weighted by Gasteiger charge is -2.16. The van der Waals surface area contributed by atoms with Gasteiger partial charge < -0.3 is 10.6 Å². The fraction of sp³-hybridized carbons (Fsp3) is 0.188. The first kappa shape index (κ1) is 14.3. The first-order valence-corrected chi connectivity index (χ1v) is 8.05. The van der Waals surface area contributed by atoms with E-state index in [-0.39, 0.29) is 11.9 Å². The van der Waals surface area contributed by atoms with Crippen LogP contribution in [-0.2, 0) is 0 Å². The molecule has 0 aromatic heterocycles. The van der Waals surface area contributed by atoms with E-state index in [2.05, 4.69) is 22.8 Å². The van der Waals surface area contributed by atoms with Crippen LogP contribution in [0, 0.1) is 0 Å². The SMILES string of the molecule is CNC(=O)c1ccc(Cl)c(NC2CSc3ccccc32)c1. The zero-order valence-electron chi connectivity index (χ0n) is 11.5. The second kappa shape index (κ2) is 6.00. The number of thioether (sulfide) groups is 1. The summed E-state index contributed by atoms with van der Waals surface area (Å²) in [4.78, 5) is 13.0. The van der Waals surface area contributed by atoms with E-state index >= 15 is 0 Å². The summed E-state index contributed by atoms with van der Waals surface area (Å²) in [6.07, 6.45) is 0. The van der Waals surface area contributed by atoms with Crippen LogP contribution in [0.15, 0.2) is 47.4 Å². The summed E-state index contributed by atoms with van der Waals surface area (Å²) < 4.78 is 0. The Morgan fingerprint density at radius 2 is 2.10 bits per heavy atom. The molecule has 1 aliphatic rings. The first-order chi connectivity index (χ1) is 10.2. The molecule has 0 spiro atoms. The third-order valence-electron chi connectivity index (χ3n) is 3.49. The van der Waals surface area contributed by atoms with E-state index < -0.39 is 0 Å². The number of halogens is 1. The van der Waals surface area contributed by atoms with Gasteiger partial charge in [-0.3, -0.25) is 4.79 Å². The summed E-state index contributed by atoms with van der Waals surface area (Å²) in [5.74, 6) is 0.843. The number of rotatable bonds is 3. The van der Waals surface area contributed by atoms with E-state index in [1.807, 2.05) is 23.9 Å². The quantitative estimate of drug-likeness (QED) is 0.900. The molecule has 108 valence electrons. The number of amides is 1. The summed E-state index contributed by atoms with van der Waals surface area (Å²) in [6, 6.07) is 13.8. The molecule has 3 nitrogen and oxygen atoms in total. The number of carbonyl (C=O) groups is 1. The normalized spacial score (nSPS) is 16.4. The number of hydrogen-bond donors (Lipinski definition) is 2. The Labute approximate surface area is 133 Å². The van der Waals surface area contributed by atoms with Crippen LogP contribution in [0.25, 0.3) is 0 Å². The highest BCUT2D eigenvalue weighted by molar-refractivity contribution is 7.99. The molecule has 0 aliphatic carbocycles. The summed E-state index contributed by atoms with van der Waals surface area (Å²) in [5, 5.41) is 6.70. The summed E-state index contributed by atoms with van der Waals surface area (Å²) in [6.45, 7) is 0. The van der Waals surface area contributed by atoms with Crippen molar-refractivity contribution >= 4 is 35.0 Å². The van der Waals surface area contributed by atoms with Crippen LogP contribution in [0.1, 0.15) is 22.0 Å². The molecule has 5 heteroatoms. The number of hydrogen-bond acceptors (Lipinski definition) is 3. The van der Waals surface area contributed by atoms with Crippen molar-refractivity contribution in [3.8, 4) is 0 Å². The van der Waals surface area contributed by atoms with Gasteiger partial charge in [-0.25, -0.2) is 0 Å². The standard InChI is InChI=1S/C16H15ClN2OS/c1-18-16(20)10-6-7-12(17)13(8-10)19-14-9-21-15-5-3-2-4-11(14)15/h2-8,14,19H,9H2,1H3,(H,18,20). The minimum Gasteiger partial charge on any atom is -0.376 e. The van der Waals surface area contributed by atoms with Gasteiger partial charge in [0.05, 0.1) is 16.8 Å². The van der Waals surface area contributed by atoms with Crippen molar-refractivity contribution in [1.29, 1.82) is 0 Å². The Bertz CT molecular complexity index is 690. The first-order valence-electron chi connectivity index (χ1n) is 6.69. The average molecular weight is 319 g/mol. The number of nitrogens with one attached hydrogen (secondary N) is 2. The number of anilines is 1. The van der Waals surface area contributed by atoms with Crippen LogP contribution >= 0.6 is 23.4 Å². The molecule has 2 N–H and O–H groups in total. The van der Waals surface area contributed by atoms with E-state index in [9.17, 15) is 4.79 Å².